The van der Waals surface area contributed by atoms with Gasteiger partial charge in [0.25, 0.3) is 0 Å². The lowest BCUT2D eigenvalue weighted by Gasteiger charge is -2.31. The molecule has 3 aliphatic rings. The number of carbonyl (C=O) groups is 2. The quantitative estimate of drug-likeness (QED) is 0.310. The molecular weight excluding hydrogens is 326 g/mol. The number of aliphatic hydroxyl groups is 2. The SMILES string of the molecule is C/C=C1\C[C@H](C)[C@](O)(CO)C(=O)OCC2=CC[NH+]3CC[C@@H](OC1=O)[C@H]23. The van der Waals surface area contributed by atoms with E-state index < -0.39 is 30.1 Å². The summed E-state index contributed by atoms with van der Waals surface area (Å²) >= 11 is 0. The third-order valence-electron chi connectivity index (χ3n) is 5.76. The smallest absolute Gasteiger partial charge is 0.341 e. The number of nitrogens with one attached hydrogen (secondary N) is 1. The molecule has 0 aliphatic carbocycles. The van der Waals surface area contributed by atoms with Crippen molar-refractivity contribution in [3.05, 3.63) is 23.3 Å². The van der Waals surface area contributed by atoms with Crippen molar-refractivity contribution in [2.24, 2.45) is 5.92 Å². The highest BCUT2D eigenvalue weighted by atomic mass is 16.6. The fraction of sp³-hybridized carbons (Fsp3) is 0.667. The van der Waals surface area contributed by atoms with E-state index in [0.29, 0.717) is 5.57 Å². The maximum Gasteiger partial charge on any atom is 0.341 e. The number of esters is 2. The Balaban J connectivity index is 1.93. The Morgan fingerprint density at radius 2 is 2.20 bits per heavy atom. The summed E-state index contributed by atoms with van der Waals surface area (Å²) in [6.45, 7) is 4.33. The van der Waals surface area contributed by atoms with E-state index in [1.54, 1.807) is 19.9 Å². The molecule has 0 aromatic rings. The van der Waals surface area contributed by atoms with Gasteiger partial charge in [-0.05, 0) is 19.4 Å². The highest BCUT2D eigenvalue weighted by Gasteiger charge is 2.49. The molecule has 0 aromatic heterocycles. The number of ether oxygens (including phenoxy) is 2. The first-order chi connectivity index (χ1) is 11.9. The minimum absolute atomic E-state index is 0.00562. The monoisotopic (exact) mass is 352 g/mol. The first-order valence-electron chi connectivity index (χ1n) is 8.80. The molecule has 7 heteroatoms. The van der Waals surface area contributed by atoms with Crippen molar-refractivity contribution in [2.45, 2.75) is 44.4 Å². The van der Waals surface area contributed by atoms with E-state index in [9.17, 15) is 19.8 Å². The van der Waals surface area contributed by atoms with Gasteiger partial charge in [0.2, 0.25) is 0 Å². The Morgan fingerprint density at radius 3 is 2.88 bits per heavy atom. The van der Waals surface area contributed by atoms with Crippen LogP contribution in [0.25, 0.3) is 0 Å². The van der Waals surface area contributed by atoms with Gasteiger partial charge in [-0.3, -0.25) is 0 Å². The molecule has 25 heavy (non-hydrogen) atoms. The van der Waals surface area contributed by atoms with Crippen LogP contribution in [0.3, 0.4) is 0 Å². The Hall–Kier alpha value is -1.70. The molecule has 2 saturated heterocycles. The largest absolute Gasteiger partial charge is 0.459 e. The molecule has 3 aliphatic heterocycles. The van der Waals surface area contributed by atoms with Gasteiger partial charge in [0.1, 0.15) is 6.61 Å². The minimum atomic E-state index is -2.05. The van der Waals surface area contributed by atoms with E-state index in [2.05, 4.69) is 0 Å². The lowest BCUT2D eigenvalue weighted by atomic mass is 9.84. The molecule has 0 amide bonds. The van der Waals surface area contributed by atoms with Gasteiger partial charge in [-0.25, -0.2) is 9.59 Å². The fourth-order valence-corrected chi connectivity index (χ4v) is 4.03. The molecule has 0 bridgehead atoms. The summed E-state index contributed by atoms with van der Waals surface area (Å²) in [5, 5.41) is 20.2. The van der Waals surface area contributed by atoms with Crippen LogP contribution in [0.5, 0.6) is 0 Å². The molecule has 2 fully saturated rings. The number of allylic oxidation sites excluding steroid dienone is 1. The second kappa shape index (κ2) is 6.90. The number of quaternary nitrogens is 1. The van der Waals surface area contributed by atoms with E-state index in [0.717, 1.165) is 25.1 Å². The maximum absolute atomic E-state index is 12.6. The molecule has 3 heterocycles. The Bertz CT molecular complexity index is 627. The average molecular weight is 352 g/mol. The molecule has 7 nitrogen and oxygen atoms in total. The van der Waals surface area contributed by atoms with Crippen LogP contribution in [-0.4, -0.2) is 66.2 Å². The molecule has 0 spiro atoms. The van der Waals surface area contributed by atoms with Gasteiger partial charge < -0.3 is 24.6 Å². The fourth-order valence-electron chi connectivity index (χ4n) is 4.03. The zero-order chi connectivity index (χ0) is 18.2. The number of aliphatic hydroxyl groups excluding tert-OH is 1. The van der Waals surface area contributed by atoms with Gasteiger partial charge in [-0.2, -0.15) is 0 Å². The van der Waals surface area contributed by atoms with E-state index >= 15 is 0 Å². The van der Waals surface area contributed by atoms with Crippen LogP contribution in [0, 0.1) is 5.92 Å². The molecule has 1 unspecified atom stereocenters. The van der Waals surface area contributed by atoms with Crippen LogP contribution < -0.4 is 4.90 Å². The number of hydrogen-bond acceptors (Lipinski definition) is 6. The predicted octanol–water partition coefficient (Wildman–Crippen LogP) is -1.25. The van der Waals surface area contributed by atoms with Gasteiger partial charge in [0, 0.05) is 23.5 Å². The zero-order valence-electron chi connectivity index (χ0n) is 14.7. The van der Waals surface area contributed by atoms with Crippen LogP contribution >= 0.6 is 0 Å². The van der Waals surface area contributed by atoms with Crippen molar-refractivity contribution < 1.29 is 34.2 Å². The van der Waals surface area contributed by atoms with Crippen molar-refractivity contribution >= 4 is 11.9 Å². The van der Waals surface area contributed by atoms with Crippen LogP contribution in [0.2, 0.25) is 0 Å². The molecule has 0 aromatic carbocycles. The van der Waals surface area contributed by atoms with Crippen LogP contribution in [-0.2, 0) is 19.1 Å². The lowest BCUT2D eigenvalue weighted by Crippen LogP contribution is -3.12. The summed E-state index contributed by atoms with van der Waals surface area (Å²) in [4.78, 5) is 26.3. The van der Waals surface area contributed by atoms with Crippen LogP contribution in [0.1, 0.15) is 26.7 Å². The van der Waals surface area contributed by atoms with Crippen molar-refractivity contribution in [3.63, 3.8) is 0 Å². The molecule has 138 valence electrons. The highest BCUT2D eigenvalue weighted by molar-refractivity contribution is 5.89. The molecule has 3 N–H and O–H groups in total. The molecule has 3 rings (SSSR count). The van der Waals surface area contributed by atoms with Gasteiger partial charge in [0.05, 0.1) is 19.7 Å². The summed E-state index contributed by atoms with van der Waals surface area (Å²) in [7, 11) is 0. The third-order valence-corrected chi connectivity index (χ3v) is 5.76. The Labute approximate surface area is 146 Å². The summed E-state index contributed by atoms with van der Waals surface area (Å²) in [5.74, 6) is -1.96. The summed E-state index contributed by atoms with van der Waals surface area (Å²) in [6.07, 6.45) is 4.33. The average Bonchev–Trinajstić information content (AvgIpc) is 3.18. The second-order valence-corrected chi connectivity index (χ2v) is 7.18. The van der Waals surface area contributed by atoms with E-state index in [-0.39, 0.29) is 25.2 Å². The lowest BCUT2D eigenvalue weighted by molar-refractivity contribution is -0.896. The van der Waals surface area contributed by atoms with Crippen molar-refractivity contribution in [2.75, 3.05) is 26.3 Å². The normalized spacial score (nSPS) is 40.6. The maximum atomic E-state index is 12.6. The van der Waals surface area contributed by atoms with Gasteiger partial charge in [0.15, 0.2) is 17.7 Å². The summed E-state index contributed by atoms with van der Waals surface area (Å²) < 4.78 is 11.1. The Morgan fingerprint density at radius 1 is 1.44 bits per heavy atom. The third kappa shape index (κ3) is 3.12. The molecular formula is C18H26NO6+. The zero-order valence-corrected chi connectivity index (χ0v) is 14.7. The number of carbonyl (C=O) groups excluding carboxylic acids is 2. The van der Waals surface area contributed by atoms with E-state index in [4.69, 9.17) is 9.47 Å². The minimum Gasteiger partial charge on any atom is -0.459 e. The number of cyclic esters (lactones) is 1. The first-order valence-corrected chi connectivity index (χ1v) is 8.80. The van der Waals surface area contributed by atoms with Crippen LogP contribution in [0.4, 0.5) is 0 Å². The first kappa shape index (κ1) is 18.1. The Kier molecular flexibility index (Phi) is 4.99. The summed E-state index contributed by atoms with van der Waals surface area (Å²) in [6, 6.07) is -0.00562. The van der Waals surface area contributed by atoms with E-state index in [1.165, 1.54) is 4.90 Å². The predicted molar refractivity (Wildman–Crippen MR) is 87.6 cm³/mol. The topological polar surface area (TPSA) is 97.5 Å². The summed E-state index contributed by atoms with van der Waals surface area (Å²) in [5.41, 5.74) is -0.743. The van der Waals surface area contributed by atoms with Crippen molar-refractivity contribution in [1.82, 2.24) is 0 Å². The van der Waals surface area contributed by atoms with Gasteiger partial charge in [-0.15, -0.1) is 0 Å². The van der Waals surface area contributed by atoms with E-state index in [1.807, 2.05) is 6.08 Å². The second-order valence-electron chi connectivity index (χ2n) is 7.18. The molecule has 0 radical (unpaired) electrons. The number of hydrogen-bond donors (Lipinski definition) is 3. The van der Waals surface area contributed by atoms with Gasteiger partial charge in [-0.1, -0.05) is 13.0 Å². The van der Waals surface area contributed by atoms with Crippen molar-refractivity contribution in [3.8, 4) is 0 Å². The standard InChI is InChI=1S/C18H25NO6/c1-3-12-8-11(2)18(23,10-20)17(22)24-9-13-4-6-19-7-5-14(15(13)19)25-16(12)21/h3-4,11,14-15,20,23H,5-10H2,1-2H3/p+1/b12-3+/t11-,14+,15-,18+/m0/s1. The molecule has 0 saturated carbocycles. The van der Waals surface area contributed by atoms with Crippen LogP contribution in [0.15, 0.2) is 23.3 Å². The van der Waals surface area contributed by atoms with Crippen molar-refractivity contribution in [1.29, 1.82) is 0 Å². The van der Waals surface area contributed by atoms with Gasteiger partial charge >= 0.3 is 11.9 Å². The number of rotatable bonds is 1. The molecule has 5 atom stereocenters. The highest BCUT2D eigenvalue weighted by Crippen LogP contribution is 2.29.